The number of nitrogens with one attached hydrogen (secondary N) is 1. The molecule has 7 heteroatoms. The average molecular weight is 511 g/mol. The van der Waals surface area contributed by atoms with Gasteiger partial charge >= 0.3 is 5.97 Å². The van der Waals surface area contributed by atoms with E-state index in [1.165, 1.54) is 0 Å². The number of aromatic nitrogens is 3. The fraction of sp³-hybridized carbons (Fsp3) is 0.355. The Hall–Kier alpha value is -4.00. The van der Waals surface area contributed by atoms with E-state index in [4.69, 9.17) is 9.72 Å². The topological polar surface area (TPSA) is 85.6 Å². The van der Waals surface area contributed by atoms with E-state index in [1.807, 2.05) is 78.1 Å². The first-order chi connectivity index (χ1) is 18.0. The molecular formula is C31H34N4O3. The number of hydrogen-bond acceptors (Lipinski definition) is 6. The molecule has 1 fully saturated rings. The highest BCUT2D eigenvalue weighted by Crippen LogP contribution is 2.40. The summed E-state index contributed by atoms with van der Waals surface area (Å²) in [5.41, 5.74) is 6.04. The van der Waals surface area contributed by atoms with Crippen LogP contribution in [0.3, 0.4) is 0 Å². The van der Waals surface area contributed by atoms with Gasteiger partial charge in [-0.3, -0.25) is 14.2 Å². The lowest BCUT2D eigenvalue weighted by molar-refractivity contribution is 0.00706. The Bertz CT molecular complexity index is 1600. The Morgan fingerprint density at radius 2 is 1.87 bits per heavy atom. The van der Waals surface area contributed by atoms with Crippen molar-refractivity contribution < 1.29 is 9.53 Å². The minimum atomic E-state index is -0.603. The SMILES string of the molecule is Cc1cc([C@H](C)Nc2ccccc2C(=O)OC(C)(C)C)c2nc(-c3ccnc(C4CC4)c3)c(C)c(=O)n2c1. The second kappa shape index (κ2) is 9.71. The van der Waals surface area contributed by atoms with Gasteiger partial charge in [-0.25, -0.2) is 9.78 Å². The van der Waals surface area contributed by atoms with Crippen LogP contribution in [-0.4, -0.2) is 25.9 Å². The van der Waals surface area contributed by atoms with Crippen molar-refractivity contribution in [1.82, 2.24) is 14.4 Å². The molecule has 196 valence electrons. The molecule has 5 rings (SSSR count). The number of esters is 1. The summed E-state index contributed by atoms with van der Waals surface area (Å²) >= 11 is 0. The maximum atomic E-state index is 13.5. The van der Waals surface area contributed by atoms with Crippen LogP contribution in [0.4, 0.5) is 5.69 Å². The molecule has 1 aliphatic carbocycles. The van der Waals surface area contributed by atoms with Crippen molar-refractivity contribution in [1.29, 1.82) is 0 Å². The Labute approximate surface area is 222 Å². The zero-order valence-corrected chi connectivity index (χ0v) is 22.8. The first kappa shape index (κ1) is 25.6. The Kier molecular flexibility index (Phi) is 6.55. The largest absolute Gasteiger partial charge is 0.456 e. The number of rotatable bonds is 6. The van der Waals surface area contributed by atoms with Crippen molar-refractivity contribution in [3.63, 3.8) is 0 Å². The second-order valence-electron chi connectivity index (χ2n) is 11.2. The zero-order chi connectivity index (χ0) is 27.2. The molecule has 1 aromatic carbocycles. The first-order valence-corrected chi connectivity index (χ1v) is 13.1. The number of fused-ring (bicyclic) bond motifs is 1. The van der Waals surface area contributed by atoms with Gasteiger partial charge in [0.2, 0.25) is 0 Å². The summed E-state index contributed by atoms with van der Waals surface area (Å²) in [5, 5.41) is 3.47. The van der Waals surface area contributed by atoms with Gasteiger partial charge in [0.05, 0.1) is 17.3 Å². The monoisotopic (exact) mass is 510 g/mol. The minimum Gasteiger partial charge on any atom is -0.456 e. The molecule has 1 saturated carbocycles. The highest BCUT2D eigenvalue weighted by Gasteiger charge is 2.26. The molecule has 7 nitrogen and oxygen atoms in total. The summed E-state index contributed by atoms with van der Waals surface area (Å²) in [5.74, 6) is 0.114. The van der Waals surface area contributed by atoms with E-state index in [0.717, 1.165) is 35.2 Å². The summed E-state index contributed by atoms with van der Waals surface area (Å²) in [4.78, 5) is 36.0. The third-order valence-corrected chi connectivity index (χ3v) is 6.75. The molecular weight excluding hydrogens is 476 g/mol. The van der Waals surface area contributed by atoms with Crippen LogP contribution < -0.4 is 10.9 Å². The number of para-hydroxylation sites is 1. The quantitative estimate of drug-likeness (QED) is 0.303. The molecule has 0 aliphatic heterocycles. The standard InChI is InChI=1S/C31H34N4O3/c1-18-15-24(20(3)33-25-10-8-7-9-23(25)30(37)38-31(4,5)6)28-34-27(19(2)29(36)35(28)17-18)22-13-14-32-26(16-22)21-11-12-21/h7-10,13-17,20-21,33H,11-12H2,1-6H3/t20-/m0/s1. The lowest BCUT2D eigenvalue weighted by Crippen LogP contribution is -2.25. The molecule has 0 radical (unpaired) electrons. The van der Waals surface area contributed by atoms with Gasteiger partial charge in [0.25, 0.3) is 5.56 Å². The summed E-state index contributed by atoms with van der Waals surface area (Å²) in [7, 11) is 0. The highest BCUT2D eigenvalue weighted by molar-refractivity contribution is 5.96. The Balaban J connectivity index is 1.58. The van der Waals surface area contributed by atoms with E-state index in [9.17, 15) is 9.59 Å². The van der Waals surface area contributed by atoms with Gasteiger partial charge in [-0.15, -0.1) is 0 Å². The molecule has 3 heterocycles. The van der Waals surface area contributed by atoms with Gasteiger partial charge in [0.15, 0.2) is 0 Å². The maximum absolute atomic E-state index is 13.5. The predicted octanol–water partition coefficient (Wildman–Crippen LogP) is 6.38. The Morgan fingerprint density at radius 1 is 1.13 bits per heavy atom. The van der Waals surface area contributed by atoms with Gasteiger partial charge in [-0.05, 0) is 90.3 Å². The summed E-state index contributed by atoms with van der Waals surface area (Å²) in [6, 6.07) is 13.1. The van der Waals surface area contributed by atoms with Crippen LogP contribution in [0.2, 0.25) is 0 Å². The molecule has 0 amide bonds. The molecule has 1 atom stereocenters. The molecule has 1 aliphatic rings. The third-order valence-electron chi connectivity index (χ3n) is 6.75. The van der Waals surface area contributed by atoms with Gasteiger partial charge in [0, 0.05) is 46.4 Å². The van der Waals surface area contributed by atoms with Crippen molar-refractivity contribution in [3.05, 3.63) is 93.2 Å². The van der Waals surface area contributed by atoms with Crippen LogP contribution in [0.5, 0.6) is 0 Å². The zero-order valence-electron chi connectivity index (χ0n) is 22.8. The van der Waals surface area contributed by atoms with E-state index < -0.39 is 11.6 Å². The van der Waals surface area contributed by atoms with Crippen LogP contribution in [0.1, 0.15) is 85.2 Å². The van der Waals surface area contributed by atoms with Gasteiger partial charge in [0.1, 0.15) is 11.2 Å². The van der Waals surface area contributed by atoms with E-state index in [1.54, 1.807) is 16.7 Å². The van der Waals surface area contributed by atoms with E-state index >= 15 is 0 Å². The van der Waals surface area contributed by atoms with Gasteiger partial charge in [-0.1, -0.05) is 12.1 Å². The highest BCUT2D eigenvalue weighted by atomic mass is 16.6. The number of carbonyl (C=O) groups is 1. The van der Waals surface area contributed by atoms with Crippen molar-refractivity contribution >= 4 is 17.3 Å². The molecule has 0 bridgehead atoms. The average Bonchev–Trinajstić information content (AvgIpc) is 3.71. The van der Waals surface area contributed by atoms with Crippen LogP contribution in [0.25, 0.3) is 16.9 Å². The van der Waals surface area contributed by atoms with Crippen LogP contribution in [0.15, 0.2) is 59.7 Å². The molecule has 1 N–H and O–H groups in total. The first-order valence-electron chi connectivity index (χ1n) is 13.1. The predicted molar refractivity (Wildman–Crippen MR) is 150 cm³/mol. The molecule has 0 spiro atoms. The lowest BCUT2D eigenvalue weighted by Gasteiger charge is -2.23. The number of hydrogen-bond donors (Lipinski definition) is 1. The summed E-state index contributed by atoms with van der Waals surface area (Å²) in [6.45, 7) is 11.3. The minimum absolute atomic E-state index is 0.0962. The number of benzene rings is 1. The molecule has 38 heavy (non-hydrogen) atoms. The fourth-order valence-electron chi connectivity index (χ4n) is 4.72. The number of anilines is 1. The number of pyridine rings is 2. The second-order valence-corrected chi connectivity index (χ2v) is 11.2. The number of nitrogens with zero attached hydrogens (tertiary/aromatic N) is 3. The number of aryl methyl sites for hydroxylation is 1. The van der Waals surface area contributed by atoms with Gasteiger partial charge < -0.3 is 10.1 Å². The van der Waals surface area contributed by atoms with Crippen molar-refractivity contribution in [2.24, 2.45) is 0 Å². The van der Waals surface area contributed by atoms with Crippen LogP contribution >= 0.6 is 0 Å². The van der Waals surface area contributed by atoms with Gasteiger partial charge in [-0.2, -0.15) is 0 Å². The van der Waals surface area contributed by atoms with Crippen LogP contribution in [0, 0.1) is 13.8 Å². The third kappa shape index (κ3) is 5.19. The Morgan fingerprint density at radius 3 is 2.58 bits per heavy atom. The molecule has 4 aromatic rings. The normalized spacial score (nSPS) is 14.4. The fourth-order valence-corrected chi connectivity index (χ4v) is 4.72. The lowest BCUT2D eigenvalue weighted by atomic mass is 10.0. The van der Waals surface area contributed by atoms with E-state index in [2.05, 4.69) is 16.4 Å². The van der Waals surface area contributed by atoms with E-state index in [-0.39, 0.29) is 11.6 Å². The van der Waals surface area contributed by atoms with Crippen molar-refractivity contribution in [2.75, 3.05) is 5.32 Å². The summed E-state index contributed by atoms with van der Waals surface area (Å²) in [6.07, 6.45) is 5.94. The van der Waals surface area contributed by atoms with Crippen LogP contribution in [-0.2, 0) is 4.74 Å². The van der Waals surface area contributed by atoms with E-state index in [0.29, 0.717) is 34.1 Å². The number of ether oxygens (including phenoxy) is 1. The molecule has 3 aromatic heterocycles. The van der Waals surface area contributed by atoms with Crippen molar-refractivity contribution in [2.45, 2.75) is 71.9 Å². The molecule has 0 unspecified atom stereocenters. The molecule has 0 saturated heterocycles. The maximum Gasteiger partial charge on any atom is 0.340 e. The smallest absolute Gasteiger partial charge is 0.340 e. The summed E-state index contributed by atoms with van der Waals surface area (Å²) < 4.78 is 7.25. The van der Waals surface area contributed by atoms with Crippen molar-refractivity contribution in [3.8, 4) is 11.3 Å². The number of carbonyl (C=O) groups excluding carboxylic acids is 1.